The molecule has 5 nitrogen and oxygen atoms in total. The number of phenolic OH excluding ortho intramolecular Hbond substituents is 1. The minimum Gasteiger partial charge on any atom is -0.508 e. The zero-order chi connectivity index (χ0) is 18.2. The molecule has 0 aromatic heterocycles. The van der Waals surface area contributed by atoms with E-state index < -0.39 is 6.10 Å². The second-order valence-electron chi connectivity index (χ2n) is 7.46. The number of rotatable bonds is 2. The van der Waals surface area contributed by atoms with Gasteiger partial charge in [0.2, 0.25) is 0 Å². The molecule has 1 heterocycles. The van der Waals surface area contributed by atoms with Crippen LogP contribution in [0.1, 0.15) is 31.9 Å². The highest BCUT2D eigenvalue weighted by Crippen LogP contribution is 2.33. The van der Waals surface area contributed by atoms with Crippen molar-refractivity contribution in [3.63, 3.8) is 0 Å². The Bertz CT molecular complexity index is 809. The number of hydrogen-bond donors (Lipinski definition) is 3. The summed E-state index contributed by atoms with van der Waals surface area (Å²) in [7, 11) is 0. The van der Waals surface area contributed by atoms with E-state index in [2.05, 4.69) is 10.6 Å². The molecule has 2 aromatic rings. The SMILES string of the molecule is Cc1ccc2c(c1)O[C@H](C(=O)Nc1ccc(C(C)(C)C)c(O)c1)CN2. The number of aromatic hydroxyl groups is 1. The molecule has 25 heavy (non-hydrogen) atoms. The molecule has 1 aliphatic heterocycles. The van der Waals surface area contributed by atoms with Crippen molar-refractivity contribution in [1.82, 2.24) is 0 Å². The van der Waals surface area contributed by atoms with Crippen LogP contribution in [0.4, 0.5) is 11.4 Å². The van der Waals surface area contributed by atoms with Crippen LogP contribution in [0.25, 0.3) is 0 Å². The summed E-state index contributed by atoms with van der Waals surface area (Å²) >= 11 is 0. The highest BCUT2D eigenvalue weighted by molar-refractivity contribution is 5.95. The molecule has 1 atom stereocenters. The van der Waals surface area contributed by atoms with E-state index in [9.17, 15) is 9.90 Å². The van der Waals surface area contributed by atoms with Crippen molar-refractivity contribution in [2.24, 2.45) is 0 Å². The minimum atomic E-state index is -0.626. The minimum absolute atomic E-state index is 0.162. The fourth-order valence-electron chi connectivity index (χ4n) is 2.88. The molecule has 1 aliphatic rings. The predicted molar refractivity (Wildman–Crippen MR) is 99.5 cm³/mol. The van der Waals surface area contributed by atoms with E-state index in [1.807, 2.05) is 52.0 Å². The Balaban J connectivity index is 1.72. The smallest absolute Gasteiger partial charge is 0.267 e. The van der Waals surface area contributed by atoms with Gasteiger partial charge in [0.25, 0.3) is 5.91 Å². The number of carbonyl (C=O) groups excluding carboxylic acids is 1. The number of carbonyl (C=O) groups is 1. The van der Waals surface area contributed by atoms with E-state index in [0.29, 0.717) is 18.0 Å². The molecule has 3 rings (SSSR count). The van der Waals surface area contributed by atoms with Crippen LogP contribution in [0.3, 0.4) is 0 Å². The van der Waals surface area contributed by atoms with Gasteiger partial charge in [-0.2, -0.15) is 0 Å². The van der Waals surface area contributed by atoms with Crippen molar-refractivity contribution >= 4 is 17.3 Å². The van der Waals surface area contributed by atoms with Crippen LogP contribution in [0.15, 0.2) is 36.4 Å². The second-order valence-corrected chi connectivity index (χ2v) is 7.46. The highest BCUT2D eigenvalue weighted by Gasteiger charge is 2.26. The molecule has 0 aliphatic carbocycles. The van der Waals surface area contributed by atoms with E-state index in [1.165, 1.54) is 0 Å². The van der Waals surface area contributed by atoms with Gasteiger partial charge in [0.1, 0.15) is 11.5 Å². The molecule has 0 radical (unpaired) electrons. The van der Waals surface area contributed by atoms with Crippen LogP contribution in [0.2, 0.25) is 0 Å². The van der Waals surface area contributed by atoms with Crippen molar-refractivity contribution in [3.05, 3.63) is 47.5 Å². The first-order valence-corrected chi connectivity index (χ1v) is 8.39. The Labute approximate surface area is 148 Å². The molecule has 0 fully saturated rings. The fourth-order valence-corrected chi connectivity index (χ4v) is 2.88. The lowest BCUT2D eigenvalue weighted by atomic mass is 9.86. The molecular weight excluding hydrogens is 316 g/mol. The average molecular weight is 340 g/mol. The lowest BCUT2D eigenvalue weighted by Crippen LogP contribution is -2.41. The van der Waals surface area contributed by atoms with Crippen molar-refractivity contribution < 1.29 is 14.6 Å². The molecule has 1 amide bonds. The molecule has 3 N–H and O–H groups in total. The summed E-state index contributed by atoms with van der Waals surface area (Å²) in [6.07, 6.45) is -0.626. The molecule has 0 saturated carbocycles. The number of benzene rings is 2. The van der Waals surface area contributed by atoms with Crippen LogP contribution in [0.5, 0.6) is 11.5 Å². The Kier molecular flexibility index (Phi) is 4.33. The summed E-state index contributed by atoms with van der Waals surface area (Å²) in [6.45, 7) is 8.46. The number of ether oxygens (including phenoxy) is 1. The average Bonchev–Trinajstić information content (AvgIpc) is 2.52. The third kappa shape index (κ3) is 3.71. The molecule has 0 saturated heterocycles. The van der Waals surface area contributed by atoms with E-state index in [4.69, 9.17) is 4.74 Å². The van der Waals surface area contributed by atoms with Crippen molar-refractivity contribution in [2.75, 3.05) is 17.2 Å². The summed E-state index contributed by atoms with van der Waals surface area (Å²) in [5.74, 6) is 0.605. The van der Waals surface area contributed by atoms with Crippen molar-refractivity contribution in [3.8, 4) is 11.5 Å². The normalized spacial score (nSPS) is 16.4. The van der Waals surface area contributed by atoms with Gasteiger partial charge < -0.3 is 20.5 Å². The number of aryl methyl sites for hydroxylation is 1. The lowest BCUT2D eigenvalue weighted by molar-refractivity contribution is -0.122. The number of nitrogens with one attached hydrogen (secondary N) is 2. The monoisotopic (exact) mass is 340 g/mol. The Hall–Kier alpha value is -2.69. The first kappa shape index (κ1) is 17.1. The molecule has 132 valence electrons. The van der Waals surface area contributed by atoms with Gasteiger partial charge in [-0.25, -0.2) is 0 Å². The molecule has 0 spiro atoms. The van der Waals surface area contributed by atoms with Gasteiger partial charge >= 0.3 is 0 Å². The zero-order valence-electron chi connectivity index (χ0n) is 15.0. The quantitative estimate of drug-likeness (QED) is 0.777. The van der Waals surface area contributed by atoms with Gasteiger partial charge in [0, 0.05) is 11.8 Å². The summed E-state index contributed by atoms with van der Waals surface area (Å²) in [5, 5.41) is 16.2. The van der Waals surface area contributed by atoms with Crippen LogP contribution in [-0.2, 0) is 10.2 Å². The maximum atomic E-state index is 12.5. The van der Waals surface area contributed by atoms with Gasteiger partial charge in [-0.15, -0.1) is 0 Å². The number of amides is 1. The van der Waals surface area contributed by atoms with Crippen LogP contribution in [-0.4, -0.2) is 23.7 Å². The molecule has 2 aromatic carbocycles. The lowest BCUT2D eigenvalue weighted by Gasteiger charge is -2.27. The van der Waals surface area contributed by atoms with E-state index in [0.717, 1.165) is 16.8 Å². The Morgan fingerprint density at radius 3 is 2.68 bits per heavy atom. The Morgan fingerprint density at radius 2 is 2.00 bits per heavy atom. The van der Waals surface area contributed by atoms with Crippen molar-refractivity contribution in [2.45, 2.75) is 39.2 Å². The van der Waals surface area contributed by atoms with Crippen LogP contribution >= 0.6 is 0 Å². The van der Waals surface area contributed by atoms with Gasteiger partial charge in [0.05, 0.1) is 12.2 Å². The number of hydrogen-bond acceptors (Lipinski definition) is 4. The van der Waals surface area contributed by atoms with Gasteiger partial charge in [-0.3, -0.25) is 4.79 Å². The fraction of sp³-hybridized carbons (Fsp3) is 0.350. The van der Waals surface area contributed by atoms with E-state index in [1.54, 1.807) is 12.1 Å². The second kappa shape index (κ2) is 6.31. The zero-order valence-corrected chi connectivity index (χ0v) is 15.0. The van der Waals surface area contributed by atoms with E-state index in [-0.39, 0.29) is 17.1 Å². The maximum Gasteiger partial charge on any atom is 0.267 e. The number of fused-ring (bicyclic) bond motifs is 1. The third-order valence-electron chi connectivity index (χ3n) is 4.25. The molecular formula is C20H24N2O3. The van der Waals surface area contributed by atoms with Crippen LogP contribution in [0, 0.1) is 6.92 Å². The van der Waals surface area contributed by atoms with Crippen molar-refractivity contribution in [1.29, 1.82) is 0 Å². The summed E-state index contributed by atoms with van der Waals surface area (Å²) < 4.78 is 5.82. The Morgan fingerprint density at radius 1 is 1.24 bits per heavy atom. The molecule has 5 heteroatoms. The topological polar surface area (TPSA) is 70.6 Å². The summed E-state index contributed by atoms with van der Waals surface area (Å²) in [5.41, 5.74) is 3.19. The highest BCUT2D eigenvalue weighted by atomic mass is 16.5. The molecule has 0 unspecified atom stereocenters. The standard InChI is InChI=1S/C20H24N2O3/c1-12-5-8-15-17(9-12)25-18(11-21-15)19(24)22-13-6-7-14(16(23)10-13)20(2,3)4/h5-10,18,21,23H,11H2,1-4H3,(H,22,24)/t18-/m0/s1. The maximum absolute atomic E-state index is 12.5. The van der Waals surface area contributed by atoms with Gasteiger partial charge in [-0.05, 0) is 41.7 Å². The van der Waals surface area contributed by atoms with E-state index >= 15 is 0 Å². The first-order valence-electron chi connectivity index (χ1n) is 8.39. The predicted octanol–water partition coefficient (Wildman–Crippen LogP) is 3.81. The van der Waals surface area contributed by atoms with Gasteiger partial charge in [-0.1, -0.05) is 32.9 Å². The molecule has 0 bridgehead atoms. The first-order chi connectivity index (χ1) is 11.7. The summed E-state index contributed by atoms with van der Waals surface area (Å²) in [4.78, 5) is 12.5. The largest absolute Gasteiger partial charge is 0.508 e. The number of phenols is 1. The number of anilines is 2. The summed E-state index contributed by atoms with van der Waals surface area (Å²) in [6, 6.07) is 11.1. The van der Waals surface area contributed by atoms with Gasteiger partial charge in [0.15, 0.2) is 6.10 Å². The van der Waals surface area contributed by atoms with Crippen LogP contribution < -0.4 is 15.4 Å². The third-order valence-corrected chi connectivity index (χ3v) is 4.25.